The van der Waals surface area contributed by atoms with E-state index in [9.17, 15) is 4.39 Å². The van der Waals surface area contributed by atoms with Gasteiger partial charge in [0.25, 0.3) is 0 Å². The zero-order chi connectivity index (χ0) is 14.5. The van der Waals surface area contributed by atoms with Gasteiger partial charge in [0.05, 0.1) is 12.0 Å². The first kappa shape index (κ1) is 15.7. The van der Waals surface area contributed by atoms with E-state index in [1.54, 1.807) is 12.1 Å². The van der Waals surface area contributed by atoms with Gasteiger partial charge >= 0.3 is 0 Å². The molecular weight excluding hydrogens is 239 g/mol. The molecule has 0 fully saturated rings. The van der Waals surface area contributed by atoms with Crippen molar-refractivity contribution in [3.63, 3.8) is 0 Å². The summed E-state index contributed by atoms with van der Waals surface area (Å²) in [6.45, 7) is 9.64. The molecule has 0 aliphatic heterocycles. The van der Waals surface area contributed by atoms with Crippen LogP contribution in [0.3, 0.4) is 0 Å². The van der Waals surface area contributed by atoms with E-state index in [1.165, 1.54) is 6.07 Å². The molecule has 0 aliphatic rings. The quantitative estimate of drug-likeness (QED) is 0.852. The molecule has 1 atom stereocenters. The van der Waals surface area contributed by atoms with Crippen LogP contribution in [0.15, 0.2) is 24.3 Å². The lowest BCUT2D eigenvalue weighted by atomic mass is 9.84. The van der Waals surface area contributed by atoms with Crippen LogP contribution in [0.2, 0.25) is 0 Å². The molecule has 0 spiro atoms. The lowest BCUT2D eigenvalue weighted by Gasteiger charge is -2.27. The molecule has 0 bridgehead atoms. The molecule has 0 heterocycles. The summed E-state index contributed by atoms with van der Waals surface area (Å²) < 4.78 is 13.2. The number of nitriles is 1. The van der Waals surface area contributed by atoms with E-state index in [1.807, 2.05) is 19.9 Å². The van der Waals surface area contributed by atoms with Gasteiger partial charge in [-0.3, -0.25) is 0 Å². The Hall–Kier alpha value is -1.40. The fraction of sp³-hybridized carbons (Fsp3) is 0.562. The third kappa shape index (κ3) is 4.65. The van der Waals surface area contributed by atoms with Gasteiger partial charge in [0.2, 0.25) is 0 Å². The first-order chi connectivity index (χ1) is 8.86. The summed E-state index contributed by atoms with van der Waals surface area (Å²) >= 11 is 0. The highest BCUT2D eigenvalue weighted by Crippen LogP contribution is 2.23. The van der Waals surface area contributed by atoms with Crippen LogP contribution in [0.5, 0.6) is 0 Å². The molecular formula is C16H23FN2. The normalized spacial score (nSPS) is 13.3. The van der Waals surface area contributed by atoms with Crippen LogP contribution in [0, 0.1) is 29.0 Å². The zero-order valence-electron chi connectivity index (χ0n) is 12.2. The number of hydrogen-bond acceptors (Lipinski definition) is 2. The Kier molecular flexibility index (Phi) is 5.50. The largest absolute Gasteiger partial charge is 0.315 e. The number of hydrogen-bond donors (Lipinski definition) is 1. The standard InChI is InChI=1S/C16H23FN2/c1-12(2)13(9-18)10-19-11-16(3,4)14-6-5-7-15(17)8-14/h5-8,12-13,19H,10-11H2,1-4H3. The van der Waals surface area contributed by atoms with E-state index in [0.717, 1.165) is 12.1 Å². The van der Waals surface area contributed by atoms with Crippen molar-refractivity contribution < 1.29 is 4.39 Å². The minimum absolute atomic E-state index is 0.0170. The van der Waals surface area contributed by atoms with Crippen LogP contribution in [0.4, 0.5) is 4.39 Å². The van der Waals surface area contributed by atoms with Crippen LogP contribution >= 0.6 is 0 Å². The highest BCUT2D eigenvalue weighted by Gasteiger charge is 2.21. The number of nitrogens with one attached hydrogen (secondary N) is 1. The number of nitrogens with zero attached hydrogens (tertiary/aromatic N) is 1. The first-order valence-corrected chi connectivity index (χ1v) is 6.73. The lowest BCUT2D eigenvalue weighted by Crippen LogP contribution is -2.36. The maximum absolute atomic E-state index is 13.2. The van der Waals surface area contributed by atoms with Crippen molar-refractivity contribution >= 4 is 0 Å². The van der Waals surface area contributed by atoms with E-state index in [0.29, 0.717) is 12.5 Å². The van der Waals surface area contributed by atoms with Crippen LogP contribution in [0.25, 0.3) is 0 Å². The lowest BCUT2D eigenvalue weighted by molar-refractivity contribution is 0.401. The molecule has 0 radical (unpaired) electrons. The highest BCUT2D eigenvalue weighted by atomic mass is 19.1. The average molecular weight is 262 g/mol. The molecule has 104 valence electrons. The summed E-state index contributed by atoms with van der Waals surface area (Å²) in [6.07, 6.45) is 0. The van der Waals surface area contributed by atoms with E-state index in [-0.39, 0.29) is 17.2 Å². The van der Waals surface area contributed by atoms with Crippen molar-refractivity contribution in [1.29, 1.82) is 5.26 Å². The minimum atomic E-state index is -0.206. The third-order valence-corrected chi connectivity index (χ3v) is 3.51. The molecule has 3 heteroatoms. The summed E-state index contributed by atoms with van der Waals surface area (Å²) in [7, 11) is 0. The Morgan fingerprint density at radius 3 is 2.58 bits per heavy atom. The van der Waals surface area contributed by atoms with Gasteiger partial charge < -0.3 is 5.32 Å². The van der Waals surface area contributed by atoms with Gasteiger partial charge in [0.1, 0.15) is 5.82 Å². The van der Waals surface area contributed by atoms with Crippen molar-refractivity contribution in [3.8, 4) is 6.07 Å². The molecule has 1 N–H and O–H groups in total. The van der Waals surface area contributed by atoms with Crippen LogP contribution in [-0.2, 0) is 5.41 Å². The Balaban J connectivity index is 2.59. The van der Waals surface area contributed by atoms with Crippen LogP contribution in [0.1, 0.15) is 33.3 Å². The second-order valence-electron chi connectivity index (χ2n) is 6.00. The molecule has 0 aliphatic carbocycles. The predicted octanol–water partition coefficient (Wildman–Crippen LogP) is 3.49. The van der Waals surface area contributed by atoms with Crippen molar-refractivity contribution in [3.05, 3.63) is 35.6 Å². The van der Waals surface area contributed by atoms with Crippen molar-refractivity contribution in [2.45, 2.75) is 33.1 Å². The van der Waals surface area contributed by atoms with Gasteiger partial charge in [-0.05, 0) is 23.6 Å². The maximum atomic E-state index is 13.2. The molecule has 1 unspecified atom stereocenters. The minimum Gasteiger partial charge on any atom is -0.315 e. The smallest absolute Gasteiger partial charge is 0.123 e. The average Bonchev–Trinajstić information content (AvgIpc) is 2.34. The number of halogens is 1. The summed E-state index contributed by atoms with van der Waals surface area (Å²) in [5, 5.41) is 12.4. The Bertz CT molecular complexity index is 446. The van der Waals surface area contributed by atoms with Gasteiger partial charge in [-0.15, -0.1) is 0 Å². The van der Waals surface area contributed by atoms with Crippen LogP contribution < -0.4 is 5.32 Å². The Labute approximate surface area is 115 Å². The van der Waals surface area contributed by atoms with Crippen molar-refractivity contribution in [2.24, 2.45) is 11.8 Å². The van der Waals surface area contributed by atoms with Gasteiger partial charge in [-0.2, -0.15) is 5.26 Å². The maximum Gasteiger partial charge on any atom is 0.123 e. The molecule has 0 saturated heterocycles. The second kappa shape index (κ2) is 6.68. The molecule has 1 aromatic rings. The van der Waals surface area contributed by atoms with Gasteiger partial charge in [-0.1, -0.05) is 39.8 Å². The topological polar surface area (TPSA) is 35.8 Å². The van der Waals surface area contributed by atoms with Crippen LogP contribution in [-0.4, -0.2) is 13.1 Å². The molecule has 0 aromatic heterocycles. The summed E-state index contributed by atoms with van der Waals surface area (Å²) in [6, 6.07) is 9.02. The van der Waals surface area contributed by atoms with E-state index >= 15 is 0 Å². The third-order valence-electron chi connectivity index (χ3n) is 3.51. The summed E-state index contributed by atoms with van der Waals surface area (Å²) in [5.41, 5.74) is 0.817. The van der Waals surface area contributed by atoms with Crippen molar-refractivity contribution in [1.82, 2.24) is 5.32 Å². The van der Waals surface area contributed by atoms with E-state index in [2.05, 4.69) is 25.2 Å². The molecule has 0 saturated carbocycles. The zero-order valence-corrected chi connectivity index (χ0v) is 12.2. The van der Waals surface area contributed by atoms with Crippen molar-refractivity contribution in [2.75, 3.05) is 13.1 Å². The molecule has 1 rings (SSSR count). The monoisotopic (exact) mass is 262 g/mol. The van der Waals surface area contributed by atoms with E-state index < -0.39 is 0 Å². The number of benzene rings is 1. The molecule has 2 nitrogen and oxygen atoms in total. The van der Waals surface area contributed by atoms with Gasteiger partial charge in [0.15, 0.2) is 0 Å². The molecule has 19 heavy (non-hydrogen) atoms. The van der Waals surface area contributed by atoms with E-state index in [4.69, 9.17) is 5.26 Å². The van der Waals surface area contributed by atoms with Gasteiger partial charge in [-0.25, -0.2) is 4.39 Å². The van der Waals surface area contributed by atoms with Gasteiger partial charge in [0, 0.05) is 18.5 Å². The second-order valence-corrected chi connectivity index (χ2v) is 6.00. The number of rotatable bonds is 6. The summed E-state index contributed by atoms with van der Waals surface area (Å²) in [4.78, 5) is 0. The fourth-order valence-electron chi connectivity index (χ4n) is 1.98. The Morgan fingerprint density at radius 1 is 1.37 bits per heavy atom. The highest BCUT2D eigenvalue weighted by molar-refractivity contribution is 5.24. The predicted molar refractivity (Wildman–Crippen MR) is 76.2 cm³/mol. The molecule has 1 aromatic carbocycles. The summed E-state index contributed by atoms with van der Waals surface area (Å²) in [5.74, 6) is 0.153. The molecule has 0 amide bonds. The first-order valence-electron chi connectivity index (χ1n) is 6.73. The fourth-order valence-corrected chi connectivity index (χ4v) is 1.98. The SMILES string of the molecule is CC(C)C(C#N)CNCC(C)(C)c1cccc(F)c1. The Morgan fingerprint density at radius 2 is 2.05 bits per heavy atom.